The largest absolute Gasteiger partial charge is 0.362 e. The summed E-state index contributed by atoms with van der Waals surface area (Å²) in [6.45, 7) is 1.42. The van der Waals surface area contributed by atoms with Gasteiger partial charge < -0.3 is 14.5 Å². The summed E-state index contributed by atoms with van der Waals surface area (Å²) < 4.78 is 6.11. The summed E-state index contributed by atoms with van der Waals surface area (Å²) in [5.74, 6) is 0.165. The topological polar surface area (TPSA) is 49.9 Å². The van der Waals surface area contributed by atoms with Crippen LogP contribution in [-0.4, -0.2) is 60.5 Å². The van der Waals surface area contributed by atoms with E-state index in [1.165, 1.54) is 11.3 Å². The first-order valence-electron chi connectivity index (χ1n) is 7.72. The van der Waals surface area contributed by atoms with E-state index in [-0.39, 0.29) is 23.5 Å². The summed E-state index contributed by atoms with van der Waals surface area (Å²) in [6.07, 6.45) is 3.03. The van der Waals surface area contributed by atoms with Crippen LogP contribution in [0.15, 0.2) is 17.5 Å². The lowest BCUT2D eigenvalue weighted by Crippen LogP contribution is -2.47. The quantitative estimate of drug-likeness (QED) is 0.837. The van der Waals surface area contributed by atoms with E-state index in [1.807, 2.05) is 22.4 Å². The Morgan fingerprint density at radius 3 is 2.64 bits per heavy atom. The van der Waals surface area contributed by atoms with Crippen molar-refractivity contribution < 1.29 is 14.3 Å². The van der Waals surface area contributed by atoms with Gasteiger partial charge in [0.05, 0.1) is 10.5 Å². The molecule has 1 aromatic rings. The molecule has 0 radical (unpaired) electrons. The minimum Gasteiger partial charge on any atom is -0.362 e. The molecule has 6 heteroatoms. The number of ether oxygens (including phenoxy) is 1. The SMILES string of the molecule is CN(C)C(=O)[C@@H]1CCC2(CCN(C(=O)c3cccs3)CC2)O1. The molecule has 1 aromatic heterocycles. The van der Waals surface area contributed by atoms with Crippen molar-refractivity contribution in [3.8, 4) is 0 Å². The molecule has 0 N–H and O–H groups in total. The number of likely N-dealkylation sites (tertiary alicyclic amines) is 1. The number of thiophene rings is 1. The van der Waals surface area contributed by atoms with Crippen LogP contribution in [0.3, 0.4) is 0 Å². The van der Waals surface area contributed by atoms with Crippen LogP contribution in [0, 0.1) is 0 Å². The number of nitrogens with zero attached hydrogens (tertiary/aromatic N) is 2. The van der Waals surface area contributed by atoms with E-state index in [0.717, 1.165) is 30.6 Å². The van der Waals surface area contributed by atoms with Crippen molar-refractivity contribution >= 4 is 23.2 Å². The zero-order valence-electron chi connectivity index (χ0n) is 13.1. The van der Waals surface area contributed by atoms with E-state index in [4.69, 9.17) is 4.74 Å². The molecule has 0 saturated carbocycles. The third kappa shape index (κ3) is 2.90. The smallest absolute Gasteiger partial charge is 0.263 e. The summed E-state index contributed by atoms with van der Waals surface area (Å²) in [5, 5.41) is 1.93. The normalized spacial score (nSPS) is 23.7. The van der Waals surface area contributed by atoms with Crippen LogP contribution in [0.25, 0.3) is 0 Å². The zero-order valence-corrected chi connectivity index (χ0v) is 13.9. The molecule has 0 aliphatic carbocycles. The highest BCUT2D eigenvalue weighted by Gasteiger charge is 2.45. The Kier molecular flexibility index (Phi) is 4.23. The molecule has 120 valence electrons. The molecule has 0 unspecified atom stereocenters. The summed E-state index contributed by atoms with van der Waals surface area (Å²) in [5.41, 5.74) is -0.206. The van der Waals surface area contributed by atoms with Crippen LogP contribution in [-0.2, 0) is 9.53 Å². The van der Waals surface area contributed by atoms with Gasteiger partial charge in [-0.2, -0.15) is 0 Å². The third-order valence-corrected chi connectivity index (χ3v) is 5.52. The number of piperidine rings is 1. The molecule has 2 aliphatic heterocycles. The Hall–Kier alpha value is -1.40. The Bertz CT molecular complexity index is 548. The van der Waals surface area contributed by atoms with Gasteiger partial charge in [-0.1, -0.05) is 6.07 Å². The molecular weight excluding hydrogens is 300 g/mol. The number of likely N-dealkylation sites (N-methyl/N-ethyl adjacent to an activating group) is 1. The summed E-state index contributed by atoms with van der Waals surface area (Å²) in [7, 11) is 3.53. The Labute approximate surface area is 134 Å². The second-order valence-corrected chi connectivity index (χ2v) is 7.28. The molecule has 1 spiro atoms. The minimum atomic E-state index is -0.311. The number of rotatable bonds is 2. The van der Waals surface area contributed by atoms with Gasteiger partial charge in [-0.15, -0.1) is 11.3 Å². The number of hydrogen-bond donors (Lipinski definition) is 0. The van der Waals surface area contributed by atoms with Crippen molar-refractivity contribution in [2.24, 2.45) is 0 Å². The van der Waals surface area contributed by atoms with Crippen molar-refractivity contribution in [1.82, 2.24) is 9.80 Å². The maximum absolute atomic E-state index is 12.4. The highest BCUT2D eigenvalue weighted by atomic mass is 32.1. The standard InChI is InChI=1S/C16H22N2O3S/c1-17(2)14(19)12-5-6-16(21-12)7-9-18(10-8-16)15(20)13-4-3-11-22-13/h3-4,11-12H,5-10H2,1-2H3/t12-/m0/s1. The monoisotopic (exact) mass is 322 g/mol. The van der Waals surface area contributed by atoms with Crippen molar-refractivity contribution in [2.75, 3.05) is 27.2 Å². The molecule has 22 heavy (non-hydrogen) atoms. The molecule has 3 rings (SSSR count). The van der Waals surface area contributed by atoms with Crippen molar-refractivity contribution in [3.63, 3.8) is 0 Å². The molecule has 2 amide bonds. The van der Waals surface area contributed by atoms with Gasteiger partial charge in [0.2, 0.25) is 0 Å². The van der Waals surface area contributed by atoms with Gasteiger partial charge in [0.25, 0.3) is 11.8 Å². The Balaban J connectivity index is 1.58. The van der Waals surface area contributed by atoms with E-state index in [1.54, 1.807) is 19.0 Å². The fourth-order valence-corrected chi connectivity index (χ4v) is 4.01. The molecule has 2 fully saturated rings. The molecule has 2 aliphatic rings. The highest BCUT2D eigenvalue weighted by Crippen LogP contribution is 2.39. The van der Waals surface area contributed by atoms with Gasteiger partial charge in [-0.05, 0) is 37.1 Å². The van der Waals surface area contributed by atoms with Gasteiger partial charge in [-0.25, -0.2) is 0 Å². The summed E-state index contributed by atoms with van der Waals surface area (Å²) in [6, 6.07) is 3.77. The highest BCUT2D eigenvalue weighted by molar-refractivity contribution is 7.12. The van der Waals surface area contributed by atoms with Gasteiger partial charge in [0, 0.05) is 27.2 Å². The number of carbonyl (C=O) groups is 2. The lowest BCUT2D eigenvalue weighted by Gasteiger charge is -2.39. The van der Waals surface area contributed by atoms with Crippen LogP contribution in [0.2, 0.25) is 0 Å². The van der Waals surface area contributed by atoms with Crippen LogP contribution < -0.4 is 0 Å². The molecule has 2 saturated heterocycles. The van der Waals surface area contributed by atoms with Crippen molar-refractivity contribution in [2.45, 2.75) is 37.4 Å². The third-order valence-electron chi connectivity index (χ3n) is 4.66. The first-order chi connectivity index (χ1) is 10.5. The zero-order chi connectivity index (χ0) is 15.7. The van der Waals surface area contributed by atoms with Crippen LogP contribution >= 0.6 is 11.3 Å². The second-order valence-electron chi connectivity index (χ2n) is 6.33. The molecule has 3 heterocycles. The Morgan fingerprint density at radius 1 is 1.32 bits per heavy atom. The van der Waals surface area contributed by atoms with E-state index < -0.39 is 0 Å². The van der Waals surface area contributed by atoms with Crippen LogP contribution in [0.1, 0.15) is 35.4 Å². The fourth-order valence-electron chi connectivity index (χ4n) is 3.32. The van der Waals surface area contributed by atoms with Crippen LogP contribution in [0.4, 0.5) is 0 Å². The van der Waals surface area contributed by atoms with Crippen molar-refractivity contribution in [3.05, 3.63) is 22.4 Å². The summed E-state index contributed by atoms with van der Waals surface area (Å²) >= 11 is 1.48. The average molecular weight is 322 g/mol. The second kappa shape index (κ2) is 6.01. The lowest BCUT2D eigenvalue weighted by atomic mass is 9.88. The predicted octanol–water partition coefficient (Wildman–Crippen LogP) is 1.99. The van der Waals surface area contributed by atoms with E-state index in [2.05, 4.69) is 0 Å². The fraction of sp³-hybridized carbons (Fsp3) is 0.625. The molecule has 1 atom stereocenters. The predicted molar refractivity (Wildman–Crippen MR) is 85.0 cm³/mol. The molecular formula is C16H22N2O3S. The van der Waals surface area contributed by atoms with E-state index >= 15 is 0 Å². The first-order valence-corrected chi connectivity index (χ1v) is 8.60. The lowest BCUT2D eigenvalue weighted by molar-refractivity contribution is -0.148. The minimum absolute atomic E-state index is 0.0500. The van der Waals surface area contributed by atoms with Gasteiger partial charge in [0.1, 0.15) is 6.10 Å². The van der Waals surface area contributed by atoms with Crippen molar-refractivity contribution in [1.29, 1.82) is 0 Å². The van der Waals surface area contributed by atoms with Crippen LogP contribution in [0.5, 0.6) is 0 Å². The maximum Gasteiger partial charge on any atom is 0.263 e. The molecule has 5 nitrogen and oxygen atoms in total. The first kappa shape index (κ1) is 15.5. The number of hydrogen-bond acceptors (Lipinski definition) is 4. The van der Waals surface area contributed by atoms with Gasteiger partial charge >= 0.3 is 0 Å². The summed E-state index contributed by atoms with van der Waals surface area (Å²) in [4.78, 5) is 28.7. The molecule has 0 aromatic carbocycles. The maximum atomic E-state index is 12.4. The number of carbonyl (C=O) groups excluding carboxylic acids is 2. The van der Waals surface area contributed by atoms with Gasteiger partial charge in [0.15, 0.2) is 0 Å². The van der Waals surface area contributed by atoms with E-state index in [9.17, 15) is 9.59 Å². The molecule has 0 bridgehead atoms. The number of amides is 2. The van der Waals surface area contributed by atoms with Gasteiger partial charge in [-0.3, -0.25) is 9.59 Å². The Morgan fingerprint density at radius 2 is 2.05 bits per heavy atom. The average Bonchev–Trinajstić information content (AvgIpc) is 3.17. The van der Waals surface area contributed by atoms with E-state index in [0.29, 0.717) is 13.1 Å².